The number of amides is 1. The highest BCUT2D eigenvalue weighted by molar-refractivity contribution is 5.99. The summed E-state index contributed by atoms with van der Waals surface area (Å²) in [6, 6.07) is 1.73. The van der Waals surface area contributed by atoms with Crippen molar-refractivity contribution in [3.05, 3.63) is 24.0 Å². The smallest absolute Gasteiger partial charge is 0.256 e. The number of rotatable bonds is 6. The summed E-state index contributed by atoms with van der Waals surface area (Å²) in [5.41, 5.74) is 1.38. The Kier molecular flexibility index (Phi) is 5.42. The van der Waals surface area contributed by atoms with E-state index in [1.165, 1.54) is 0 Å². The van der Waals surface area contributed by atoms with Crippen LogP contribution in [0, 0.1) is 0 Å². The quantitative estimate of drug-likeness (QED) is 0.808. The third-order valence-electron chi connectivity index (χ3n) is 2.56. The molecule has 0 aliphatic heterocycles. The second-order valence-corrected chi connectivity index (χ2v) is 3.55. The summed E-state index contributed by atoms with van der Waals surface area (Å²) < 4.78 is 4.99. The molecule has 1 rings (SSSR count). The number of ether oxygens (including phenoxy) is 1. The molecule has 0 fully saturated rings. The molecule has 5 heteroatoms. The summed E-state index contributed by atoms with van der Waals surface area (Å²) in [7, 11) is 3.41. The van der Waals surface area contributed by atoms with E-state index in [-0.39, 0.29) is 5.91 Å². The van der Waals surface area contributed by atoms with Crippen LogP contribution in [0.1, 0.15) is 17.3 Å². The molecule has 1 N–H and O–H groups in total. The Morgan fingerprint density at radius 2 is 2.35 bits per heavy atom. The summed E-state index contributed by atoms with van der Waals surface area (Å²) in [5, 5.41) is 2.97. The standard InChI is InChI=1S/C12H19N3O2/c1-4-15(7-8-17-3)12(16)10-5-6-14-9-11(10)13-2/h5-6,9,13H,4,7-8H2,1-3H3. The Labute approximate surface area is 102 Å². The van der Waals surface area contributed by atoms with Gasteiger partial charge in [-0.15, -0.1) is 0 Å². The number of carbonyl (C=O) groups is 1. The molecular formula is C12H19N3O2. The molecule has 0 saturated carbocycles. The number of aromatic nitrogens is 1. The van der Waals surface area contributed by atoms with E-state index < -0.39 is 0 Å². The Morgan fingerprint density at radius 1 is 1.59 bits per heavy atom. The van der Waals surface area contributed by atoms with Gasteiger partial charge in [-0.25, -0.2) is 0 Å². The van der Waals surface area contributed by atoms with Gasteiger partial charge in [-0.05, 0) is 13.0 Å². The first kappa shape index (κ1) is 13.4. The van der Waals surface area contributed by atoms with Crippen molar-refractivity contribution < 1.29 is 9.53 Å². The minimum Gasteiger partial charge on any atom is -0.386 e. The summed E-state index contributed by atoms with van der Waals surface area (Å²) in [5.74, 6) is -0.00343. The van der Waals surface area contributed by atoms with Crippen molar-refractivity contribution in [3.63, 3.8) is 0 Å². The average Bonchev–Trinajstić information content (AvgIpc) is 2.39. The zero-order valence-corrected chi connectivity index (χ0v) is 10.6. The summed E-state index contributed by atoms with van der Waals surface area (Å²) in [6.07, 6.45) is 3.27. The van der Waals surface area contributed by atoms with E-state index in [1.54, 1.807) is 37.5 Å². The van der Waals surface area contributed by atoms with Crippen LogP contribution in [0.5, 0.6) is 0 Å². The lowest BCUT2D eigenvalue weighted by molar-refractivity contribution is 0.0707. The number of likely N-dealkylation sites (N-methyl/N-ethyl adjacent to an activating group) is 1. The van der Waals surface area contributed by atoms with E-state index in [0.29, 0.717) is 25.3 Å². The zero-order chi connectivity index (χ0) is 12.7. The third kappa shape index (κ3) is 3.42. The third-order valence-corrected chi connectivity index (χ3v) is 2.56. The molecule has 1 heterocycles. The summed E-state index contributed by atoms with van der Waals surface area (Å²) in [6.45, 7) is 3.75. The van der Waals surface area contributed by atoms with Gasteiger partial charge in [0.15, 0.2) is 0 Å². The van der Waals surface area contributed by atoms with Gasteiger partial charge in [0.05, 0.1) is 24.1 Å². The van der Waals surface area contributed by atoms with Crippen molar-refractivity contribution >= 4 is 11.6 Å². The molecule has 1 aromatic rings. The largest absolute Gasteiger partial charge is 0.386 e. The molecule has 17 heavy (non-hydrogen) atoms. The van der Waals surface area contributed by atoms with Crippen LogP contribution in [0.3, 0.4) is 0 Å². The Bertz CT molecular complexity index is 369. The van der Waals surface area contributed by atoms with Gasteiger partial charge in [-0.1, -0.05) is 0 Å². The Balaban J connectivity index is 2.85. The van der Waals surface area contributed by atoms with Crippen molar-refractivity contribution in [2.75, 3.05) is 39.2 Å². The molecule has 0 bridgehead atoms. The van der Waals surface area contributed by atoms with Crippen molar-refractivity contribution in [2.24, 2.45) is 0 Å². The Hall–Kier alpha value is -1.62. The van der Waals surface area contributed by atoms with E-state index >= 15 is 0 Å². The highest BCUT2D eigenvalue weighted by Gasteiger charge is 2.16. The van der Waals surface area contributed by atoms with Crippen LogP contribution in [0.2, 0.25) is 0 Å². The molecule has 94 valence electrons. The van der Waals surface area contributed by atoms with Gasteiger partial charge in [0.2, 0.25) is 0 Å². The lowest BCUT2D eigenvalue weighted by atomic mass is 10.2. The van der Waals surface area contributed by atoms with E-state index in [1.807, 2.05) is 6.92 Å². The van der Waals surface area contributed by atoms with Crippen molar-refractivity contribution in [2.45, 2.75) is 6.92 Å². The van der Waals surface area contributed by atoms with Crippen LogP contribution in [0.25, 0.3) is 0 Å². The molecule has 0 aliphatic rings. The topological polar surface area (TPSA) is 54.5 Å². The van der Waals surface area contributed by atoms with Crippen molar-refractivity contribution in [1.29, 1.82) is 0 Å². The number of nitrogens with zero attached hydrogens (tertiary/aromatic N) is 2. The molecule has 0 radical (unpaired) electrons. The van der Waals surface area contributed by atoms with Crippen LogP contribution in [-0.4, -0.2) is 49.6 Å². The van der Waals surface area contributed by atoms with Gasteiger partial charge >= 0.3 is 0 Å². The molecule has 0 atom stereocenters. The molecule has 0 unspecified atom stereocenters. The maximum absolute atomic E-state index is 12.3. The van der Waals surface area contributed by atoms with Gasteiger partial charge in [0, 0.05) is 33.4 Å². The predicted octanol–water partition coefficient (Wildman–Crippen LogP) is 1.23. The fraction of sp³-hybridized carbons (Fsp3) is 0.500. The van der Waals surface area contributed by atoms with Gasteiger partial charge in [0.25, 0.3) is 5.91 Å². The maximum Gasteiger partial charge on any atom is 0.256 e. The van der Waals surface area contributed by atoms with Gasteiger partial charge in [-0.3, -0.25) is 9.78 Å². The van der Waals surface area contributed by atoms with Crippen LogP contribution in [0.4, 0.5) is 5.69 Å². The van der Waals surface area contributed by atoms with Crippen molar-refractivity contribution in [3.8, 4) is 0 Å². The normalized spacial score (nSPS) is 10.1. The fourth-order valence-corrected chi connectivity index (χ4v) is 1.56. The second-order valence-electron chi connectivity index (χ2n) is 3.55. The molecule has 5 nitrogen and oxygen atoms in total. The molecule has 0 saturated heterocycles. The van der Waals surface area contributed by atoms with Gasteiger partial charge in [-0.2, -0.15) is 0 Å². The first-order valence-corrected chi connectivity index (χ1v) is 5.64. The monoisotopic (exact) mass is 237 g/mol. The van der Waals surface area contributed by atoms with Gasteiger partial charge in [0.1, 0.15) is 0 Å². The van der Waals surface area contributed by atoms with Gasteiger partial charge < -0.3 is 15.0 Å². The average molecular weight is 237 g/mol. The van der Waals surface area contributed by atoms with Crippen molar-refractivity contribution in [1.82, 2.24) is 9.88 Å². The summed E-state index contributed by atoms with van der Waals surface area (Å²) in [4.78, 5) is 18.0. The lowest BCUT2D eigenvalue weighted by Crippen LogP contribution is -2.34. The number of hydrogen-bond donors (Lipinski definition) is 1. The second kappa shape index (κ2) is 6.85. The van der Waals surface area contributed by atoms with Crippen LogP contribution < -0.4 is 5.32 Å². The first-order valence-electron chi connectivity index (χ1n) is 5.64. The molecular weight excluding hydrogens is 218 g/mol. The predicted molar refractivity (Wildman–Crippen MR) is 67.2 cm³/mol. The number of pyridine rings is 1. The maximum atomic E-state index is 12.3. The molecule has 0 aliphatic carbocycles. The first-order chi connectivity index (χ1) is 8.24. The number of hydrogen-bond acceptors (Lipinski definition) is 4. The molecule has 1 aromatic heterocycles. The van der Waals surface area contributed by atoms with E-state index in [4.69, 9.17) is 4.74 Å². The highest BCUT2D eigenvalue weighted by atomic mass is 16.5. The SMILES string of the molecule is CCN(CCOC)C(=O)c1ccncc1NC. The van der Waals surface area contributed by atoms with Crippen LogP contribution in [-0.2, 0) is 4.74 Å². The number of nitrogens with one attached hydrogen (secondary N) is 1. The minimum atomic E-state index is -0.00343. The molecule has 0 spiro atoms. The number of methoxy groups -OCH3 is 1. The molecule has 0 aromatic carbocycles. The zero-order valence-electron chi connectivity index (χ0n) is 10.6. The highest BCUT2D eigenvalue weighted by Crippen LogP contribution is 2.14. The van der Waals surface area contributed by atoms with E-state index in [2.05, 4.69) is 10.3 Å². The fourth-order valence-electron chi connectivity index (χ4n) is 1.56. The van der Waals surface area contributed by atoms with Crippen LogP contribution in [0.15, 0.2) is 18.5 Å². The Morgan fingerprint density at radius 3 is 2.94 bits per heavy atom. The summed E-state index contributed by atoms with van der Waals surface area (Å²) >= 11 is 0. The van der Waals surface area contributed by atoms with E-state index in [9.17, 15) is 4.79 Å². The number of anilines is 1. The lowest BCUT2D eigenvalue weighted by Gasteiger charge is -2.21. The molecule has 1 amide bonds. The minimum absolute atomic E-state index is 0.00343. The van der Waals surface area contributed by atoms with E-state index in [0.717, 1.165) is 5.69 Å². The van der Waals surface area contributed by atoms with Crippen LogP contribution >= 0.6 is 0 Å². The number of carbonyl (C=O) groups excluding carboxylic acids is 1.